The Morgan fingerprint density at radius 2 is 2.19 bits per heavy atom. The van der Waals surface area contributed by atoms with Gasteiger partial charge < -0.3 is 10.2 Å². The molecule has 0 fully saturated rings. The van der Waals surface area contributed by atoms with Crippen molar-refractivity contribution in [1.29, 1.82) is 0 Å². The van der Waals surface area contributed by atoms with Crippen molar-refractivity contribution in [3.63, 3.8) is 0 Å². The summed E-state index contributed by atoms with van der Waals surface area (Å²) in [6.45, 7) is 2.50. The number of amides is 2. The van der Waals surface area contributed by atoms with Gasteiger partial charge >= 0.3 is 6.03 Å². The van der Waals surface area contributed by atoms with E-state index in [1.165, 1.54) is 17.5 Å². The van der Waals surface area contributed by atoms with Gasteiger partial charge in [-0.25, -0.2) is 9.78 Å². The fourth-order valence-corrected chi connectivity index (χ4v) is 3.27. The van der Waals surface area contributed by atoms with Gasteiger partial charge in [-0.05, 0) is 49.4 Å². The Balaban J connectivity index is 1.63. The highest BCUT2D eigenvalue weighted by molar-refractivity contribution is 7.09. The van der Waals surface area contributed by atoms with E-state index < -0.39 is 0 Å². The van der Waals surface area contributed by atoms with Crippen molar-refractivity contribution < 1.29 is 4.79 Å². The minimum absolute atomic E-state index is 0.0985. The van der Waals surface area contributed by atoms with E-state index in [0.717, 1.165) is 29.2 Å². The molecular formula is C16H19N3OS. The largest absolute Gasteiger partial charge is 0.322 e. The zero-order chi connectivity index (χ0) is 14.8. The Hall–Kier alpha value is -1.88. The molecule has 0 bridgehead atoms. The van der Waals surface area contributed by atoms with Crippen LogP contribution >= 0.6 is 11.3 Å². The Morgan fingerprint density at radius 3 is 2.95 bits per heavy atom. The number of nitrogens with zero attached hydrogens (tertiary/aromatic N) is 2. The van der Waals surface area contributed by atoms with Crippen LogP contribution < -0.4 is 5.32 Å². The van der Waals surface area contributed by atoms with Crippen LogP contribution in [0.4, 0.5) is 10.5 Å². The highest BCUT2D eigenvalue weighted by Gasteiger charge is 2.14. The number of nitrogens with one attached hydrogen (secondary N) is 1. The maximum Gasteiger partial charge on any atom is 0.321 e. The average Bonchev–Trinajstić information content (AvgIpc) is 3.07. The molecule has 21 heavy (non-hydrogen) atoms. The zero-order valence-electron chi connectivity index (χ0n) is 12.3. The molecule has 1 aliphatic carbocycles. The van der Waals surface area contributed by atoms with Crippen molar-refractivity contribution in [3.05, 3.63) is 45.4 Å². The van der Waals surface area contributed by atoms with Gasteiger partial charge in [0.15, 0.2) is 0 Å². The monoisotopic (exact) mass is 301 g/mol. The van der Waals surface area contributed by atoms with Crippen molar-refractivity contribution >= 4 is 23.1 Å². The second kappa shape index (κ2) is 5.85. The van der Waals surface area contributed by atoms with Gasteiger partial charge in [-0.1, -0.05) is 6.07 Å². The van der Waals surface area contributed by atoms with Crippen LogP contribution in [-0.4, -0.2) is 23.0 Å². The van der Waals surface area contributed by atoms with Gasteiger partial charge in [0.2, 0.25) is 0 Å². The van der Waals surface area contributed by atoms with Crippen molar-refractivity contribution in [2.24, 2.45) is 0 Å². The molecule has 1 aromatic heterocycles. The van der Waals surface area contributed by atoms with Gasteiger partial charge in [0.05, 0.1) is 17.2 Å². The molecule has 1 aromatic carbocycles. The third kappa shape index (κ3) is 3.24. The molecule has 4 nitrogen and oxygen atoms in total. The molecule has 2 amide bonds. The first-order chi connectivity index (χ1) is 10.1. The minimum Gasteiger partial charge on any atom is -0.322 e. The lowest BCUT2D eigenvalue weighted by Crippen LogP contribution is -2.31. The van der Waals surface area contributed by atoms with E-state index in [9.17, 15) is 4.79 Å². The summed E-state index contributed by atoms with van der Waals surface area (Å²) >= 11 is 1.61. The summed E-state index contributed by atoms with van der Waals surface area (Å²) in [6, 6.07) is 6.12. The van der Waals surface area contributed by atoms with Crippen molar-refractivity contribution in [2.45, 2.75) is 32.7 Å². The summed E-state index contributed by atoms with van der Waals surface area (Å²) in [5.74, 6) is 0. The summed E-state index contributed by atoms with van der Waals surface area (Å²) < 4.78 is 0. The summed E-state index contributed by atoms with van der Waals surface area (Å²) in [7, 11) is 1.79. The number of carbonyl (C=O) groups excluding carboxylic acids is 1. The number of aromatic nitrogens is 1. The number of benzene rings is 1. The number of thiazole rings is 1. The first kappa shape index (κ1) is 14.1. The number of urea groups is 1. The first-order valence-corrected chi connectivity index (χ1v) is 8.05. The number of carbonyl (C=O) groups is 1. The van der Waals surface area contributed by atoms with Crippen LogP contribution in [-0.2, 0) is 19.4 Å². The number of fused-ring (bicyclic) bond motifs is 1. The van der Waals surface area contributed by atoms with E-state index in [1.54, 1.807) is 23.3 Å². The summed E-state index contributed by atoms with van der Waals surface area (Å²) in [6.07, 6.45) is 3.50. The molecule has 0 radical (unpaired) electrons. The van der Waals surface area contributed by atoms with Gasteiger partial charge in [0.1, 0.15) is 0 Å². The number of rotatable bonds is 3. The van der Waals surface area contributed by atoms with Crippen molar-refractivity contribution in [2.75, 3.05) is 12.4 Å². The lowest BCUT2D eigenvalue weighted by molar-refractivity contribution is 0.220. The first-order valence-electron chi connectivity index (χ1n) is 7.17. The smallest absolute Gasteiger partial charge is 0.321 e. The van der Waals surface area contributed by atoms with Crippen LogP contribution in [0.5, 0.6) is 0 Å². The molecule has 1 aliphatic rings. The van der Waals surface area contributed by atoms with E-state index in [2.05, 4.69) is 22.4 Å². The molecular weight excluding hydrogens is 282 g/mol. The summed E-state index contributed by atoms with van der Waals surface area (Å²) in [4.78, 5) is 18.3. The van der Waals surface area contributed by atoms with Gasteiger partial charge in [-0.2, -0.15) is 0 Å². The summed E-state index contributed by atoms with van der Waals surface area (Å²) in [5.41, 5.74) is 4.59. The zero-order valence-corrected chi connectivity index (χ0v) is 13.2. The van der Waals surface area contributed by atoms with E-state index in [0.29, 0.717) is 6.54 Å². The minimum atomic E-state index is -0.0985. The van der Waals surface area contributed by atoms with Crippen LogP contribution in [0, 0.1) is 6.92 Å². The van der Waals surface area contributed by atoms with Crippen molar-refractivity contribution in [1.82, 2.24) is 9.88 Å². The topological polar surface area (TPSA) is 45.2 Å². The maximum absolute atomic E-state index is 12.2. The summed E-state index contributed by atoms with van der Waals surface area (Å²) in [5, 5.41) is 5.98. The molecule has 2 aromatic rings. The van der Waals surface area contributed by atoms with Crippen LogP contribution in [0.3, 0.4) is 0 Å². The molecule has 0 unspecified atom stereocenters. The average molecular weight is 301 g/mol. The van der Waals surface area contributed by atoms with E-state index in [-0.39, 0.29) is 6.03 Å². The Morgan fingerprint density at radius 1 is 1.38 bits per heavy atom. The molecule has 5 heteroatoms. The molecule has 3 rings (SSSR count). The van der Waals surface area contributed by atoms with Crippen molar-refractivity contribution in [3.8, 4) is 0 Å². The van der Waals surface area contributed by atoms with E-state index in [4.69, 9.17) is 0 Å². The number of aryl methyl sites for hydroxylation is 3. The normalized spacial score (nSPS) is 13.0. The van der Waals surface area contributed by atoms with Gasteiger partial charge in [-0.3, -0.25) is 0 Å². The molecule has 0 saturated carbocycles. The fourth-order valence-electron chi connectivity index (χ4n) is 2.66. The third-order valence-electron chi connectivity index (χ3n) is 3.76. The van der Waals surface area contributed by atoms with Gasteiger partial charge in [0.25, 0.3) is 0 Å². The predicted octanol–water partition coefficient (Wildman–Crippen LogP) is 3.60. The second-order valence-electron chi connectivity index (χ2n) is 5.48. The quantitative estimate of drug-likeness (QED) is 0.941. The van der Waals surface area contributed by atoms with E-state index in [1.807, 2.05) is 18.4 Å². The lowest BCUT2D eigenvalue weighted by Gasteiger charge is -2.17. The van der Waals surface area contributed by atoms with Crippen LogP contribution in [0.15, 0.2) is 23.6 Å². The Kier molecular flexibility index (Phi) is 3.92. The van der Waals surface area contributed by atoms with Gasteiger partial charge in [0, 0.05) is 18.1 Å². The second-order valence-corrected chi connectivity index (χ2v) is 6.54. The Bertz CT molecular complexity index is 665. The molecule has 0 spiro atoms. The molecule has 1 N–H and O–H groups in total. The van der Waals surface area contributed by atoms with Crippen LogP contribution in [0.1, 0.15) is 28.2 Å². The Labute approximate surface area is 128 Å². The predicted molar refractivity (Wildman–Crippen MR) is 85.8 cm³/mol. The van der Waals surface area contributed by atoms with Crippen LogP contribution in [0.25, 0.3) is 0 Å². The third-order valence-corrected chi connectivity index (χ3v) is 4.58. The molecule has 110 valence electrons. The molecule has 1 heterocycles. The number of hydrogen-bond acceptors (Lipinski definition) is 3. The van der Waals surface area contributed by atoms with E-state index >= 15 is 0 Å². The SMILES string of the molecule is Cc1nc(CN(C)C(=O)Nc2ccc3c(c2)CCC3)cs1. The number of anilines is 1. The van der Waals surface area contributed by atoms with Gasteiger partial charge in [-0.15, -0.1) is 11.3 Å². The molecule has 0 atom stereocenters. The maximum atomic E-state index is 12.2. The van der Waals surface area contributed by atoms with Crippen LogP contribution in [0.2, 0.25) is 0 Å². The lowest BCUT2D eigenvalue weighted by atomic mass is 10.1. The number of hydrogen-bond donors (Lipinski definition) is 1. The highest BCUT2D eigenvalue weighted by Crippen LogP contribution is 2.25. The molecule has 0 saturated heterocycles. The standard InChI is InChI=1S/C16H19N3OS/c1-11-17-15(10-21-11)9-19(2)16(20)18-14-7-6-12-4-3-5-13(12)8-14/h6-8,10H,3-5,9H2,1-2H3,(H,18,20). The molecule has 0 aliphatic heterocycles. The fraction of sp³-hybridized carbons (Fsp3) is 0.375. The highest BCUT2D eigenvalue weighted by atomic mass is 32.1.